The summed E-state index contributed by atoms with van der Waals surface area (Å²) in [6.45, 7) is 3.87. The summed E-state index contributed by atoms with van der Waals surface area (Å²) in [7, 11) is 0. The van der Waals surface area contributed by atoms with E-state index in [1.807, 2.05) is 18.2 Å². The minimum Gasteiger partial charge on any atom is -0.354 e. The summed E-state index contributed by atoms with van der Waals surface area (Å²) >= 11 is 0. The van der Waals surface area contributed by atoms with Crippen LogP contribution < -0.4 is 10.2 Å². The fourth-order valence-electron chi connectivity index (χ4n) is 2.05. The van der Waals surface area contributed by atoms with Gasteiger partial charge in [-0.1, -0.05) is 0 Å². The van der Waals surface area contributed by atoms with Gasteiger partial charge in [-0.3, -0.25) is 5.10 Å². The van der Waals surface area contributed by atoms with Gasteiger partial charge in [0.2, 0.25) is 0 Å². The first-order chi connectivity index (χ1) is 8.38. The maximum absolute atomic E-state index is 8.86. The molecule has 1 saturated heterocycles. The van der Waals surface area contributed by atoms with Crippen LogP contribution in [0.4, 0.5) is 5.82 Å². The number of nitriles is 1. The fourth-order valence-corrected chi connectivity index (χ4v) is 2.05. The van der Waals surface area contributed by atoms with E-state index in [1.54, 1.807) is 0 Å². The number of anilines is 1. The van der Waals surface area contributed by atoms with E-state index in [1.165, 1.54) is 0 Å². The molecule has 2 N–H and O–H groups in total. The molecule has 0 bridgehead atoms. The lowest BCUT2D eigenvalue weighted by molar-refractivity contribution is 0.585. The van der Waals surface area contributed by atoms with Crippen molar-refractivity contribution in [3.8, 4) is 6.07 Å². The Hall–Kier alpha value is -2.13. The highest BCUT2D eigenvalue weighted by Crippen LogP contribution is 2.18. The van der Waals surface area contributed by atoms with Gasteiger partial charge >= 0.3 is 0 Å². The quantitative estimate of drug-likeness (QED) is 0.730. The number of H-pyrrole nitrogens is 1. The second-order valence-electron chi connectivity index (χ2n) is 3.99. The molecule has 86 valence electrons. The smallest absolute Gasteiger partial charge is 0.171 e. The first kappa shape index (κ1) is 10.1. The van der Waals surface area contributed by atoms with Crippen LogP contribution in [-0.4, -0.2) is 41.4 Å². The van der Waals surface area contributed by atoms with E-state index in [-0.39, 0.29) is 0 Å². The van der Waals surface area contributed by atoms with E-state index in [0.29, 0.717) is 11.3 Å². The Labute approximate surface area is 98.3 Å². The SMILES string of the molecule is N#Cc1n[nH]c2nc(N3CCNCC3)ccc12. The third-order valence-corrected chi connectivity index (χ3v) is 2.96. The zero-order valence-corrected chi connectivity index (χ0v) is 9.27. The van der Waals surface area contributed by atoms with Crippen LogP contribution in [0.2, 0.25) is 0 Å². The molecule has 1 fully saturated rings. The Kier molecular flexibility index (Phi) is 2.38. The van der Waals surface area contributed by atoms with Crippen molar-refractivity contribution in [1.29, 1.82) is 5.26 Å². The second-order valence-corrected chi connectivity index (χ2v) is 3.99. The van der Waals surface area contributed by atoms with Crippen LogP contribution in [0.3, 0.4) is 0 Å². The number of aromatic nitrogens is 3. The maximum Gasteiger partial charge on any atom is 0.171 e. The molecule has 0 aliphatic carbocycles. The molecule has 3 rings (SSSR count). The molecule has 1 aliphatic rings. The predicted molar refractivity (Wildman–Crippen MR) is 63.7 cm³/mol. The summed E-state index contributed by atoms with van der Waals surface area (Å²) in [5.74, 6) is 0.937. The van der Waals surface area contributed by atoms with Crippen LogP contribution in [-0.2, 0) is 0 Å². The number of aromatic amines is 1. The van der Waals surface area contributed by atoms with Crippen molar-refractivity contribution >= 4 is 16.9 Å². The molecular formula is C11H12N6. The summed E-state index contributed by atoms with van der Waals surface area (Å²) in [4.78, 5) is 6.72. The molecule has 6 heteroatoms. The Morgan fingerprint density at radius 3 is 2.88 bits per heavy atom. The molecule has 0 saturated carbocycles. The largest absolute Gasteiger partial charge is 0.354 e. The molecule has 0 spiro atoms. The van der Waals surface area contributed by atoms with E-state index in [9.17, 15) is 0 Å². The molecule has 1 aliphatic heterocycles. The van der Waals surface area contributed by atoms with Gasteiger partial charge < -0.3 is 10.2 Å². The average molecular weight is 228 g/mol. The van der Waals surface area contributed by atoms with Crippen LogP contribution in [0.5, 0.6) is 0 Å². The van der Waals surface area contributed by atoms with Crippen LogP contribution >= 0.6 is 0 Å². The van der Waals surface area contributed by atoms with Crippen LogP contribution in [0, 0.1) is 11.3 Å². The van der Waals surface area contributed by atoms with Crippen molar-refractivity contribution in [1.82, 2.24) is 20.5 Å². The van der Waals surface area contributed by atoms with Gasteiger partial charge in [-0.2, -0.15) is 10.4 Å². The van der Waals surface area contributed by atoms with Crippen LogP contribution in [0.25, 0.3) is 11.0 Å². The molecule has 3 heterocycles. The van der Waals surface area contributed by atoms with Gasteiger partial charge in [-0.05, 0) is 12.1 Å². The molecule has 0 radical (unpaired) electrons. The van der Waals surface area contributed by atoms with Crippen molar-refractivity contribution in [3.63, 3.8) is 0 Å². The molecule has 0 amide bonds. The number of hydrogen-bond acceptors (Lipinski definition) is 5. The predicted octanol–water partition coefficient (Wildman–Crippen LogP) is 0.239. The summed E-state index contributed by atoms with van der Waals surface area (Å²) in [6, 6.07) is 5.90. The zero-order chi connectivity index (χ0) is 11.7. The van der Waals surface area contributed by atoms with Gasteiger partial charge in [-0.15, -0.1) is 0 Å². The fraction of sp³-hybridized carbons (Fsp3) is 0.364. The van der Waals surface area contributed by atoms with Gasteiger partial charge in [0.15, 0.2) is 11.3 Å². The Morgan fingerprint density at radius 1 is 1.29 bits per heavy atom. The topological polar surface area (TPSA) is 80.6 Å². The molecule has 0 atom stereocenters. The van der Waals surface area contributed by atoms with Crippen molar-refractivity contribution in [3.05, 3.63) is 17.8 Å². The standard InChI is InChI=1S/C11H12N6/c12-7-9-8-1-2-10(14-11(8)16-15-9)17-5-3-13-4-6-17/h1-2,13H,3-6H2,(H,14,15,16). The number of nitrogens with zero attached hydrogens (tertiary/aromatic N) is 4. The Balaban J connectivity index is 1.99. The van der Waals surface area contributed by atoms with Crippen molar-refractivity contribution in [2.45, 2.75) is 0 Å². The Morgan fingerprint density at radius 2 is 2.12 bits per heavy atom. The minimum atomic E-state index is 0.402. The molecule has 0 unspecified atom stereocenters. The first-order valence-corrected chi connectivity index (χ1v) is 5.59. The second kappa shape index (κ2) is 4.03. The summed E-state index contributed by atoms with van der Waals surface area (Å²) in [5, 5.41) is 19.7. The highest BCUT2D eigenvalue weighted by molar-refractivity contribution is 5.81. The molecule has 2 aromatic rings. The number of hydrogen-bond donors (Lipinski definition) is 2. The van der Waals surface area contributed by atoms with Crippen molar-refractivity contribution in [2.75, 3.05) is 31.1 Å². The van der Waals surface area contributed by atoms with E-state index in [0.717, 1.165) is 37.4 Å². The third-order valence-electron chi connectivity index (χ3n) is 2.96. The highest BCUT2D eigenvalue weighted by atomic mass is 15.2. The monoisotopic (exact) mass is 228 g/mol. The average Bonchev–Trinajstić information content (AvgIpc) is 2.81. The van der Waals surface area contributed by atoms with Gasteiger partial charge in [0, 0.05) is 26.2 Å². The zero-order valence-electron chi connectivity index (χ0n) is 9.27. The van der Waals surface area contributed by atoms with Crippen molar-refractivity contribution in [2.24, 2.45) is 0 Å². The maximum atomic E-state index is 8.86. The van der Waals surface area contributed by atoms with E-state index in [4.69, 9.17) is 5.26 Å². The van der Waals surface area contributed by atoms with Crippen LogP contribution in [0.1, 0.15) is 5.69 Å². The molecule has 17 heavy (non-hydrogen) atoms. The number of nitrogens with one attached hydrogen (secondary N) is 2. The van der Waals surface area contributed by atoms with E-state index < -0.39 is 0 Å². The van der Waals surface area contributed by atoms with E-state index >= 15 is 0 Å². The van der Waals surface area contributed by atoms with E-state index in [2.05, 4.69) is 25.4 Å². The summed E-state index contributed by atoms with van der Waals surface area (Å²) in [6.07, 6.45) is 0. The summed E-state index contributed by atoms with van der Waals surface area (Å²) < 4.78 is 0. The first-order valence-electron chi connectivity index (χ1n) is 5.59. The third kappa shape index (κ3) is 1.70. The van der Waals surface area contributed by atoms with Gasteiger partial charge in [0.05, 0.1) is 5.39 Å². The molecule has 6 nitrogen and oxygen atoms in total. The molecular weight excluding hydrogens is 216 g/mol. The number of rotatable bonds is 1. The normalized spacial score (nSPS) is 16.1. The summed E-state index contributed by atoms with van der Waals surface area (Å²) in [5.41, 5.74) is 1.08. The van der Waals surface area contributed by atoms with Crippen LogP contribution in [0.15, 0.2) is 12.1 Å². The lowest BCUT2D eigenvalue weighted by Gasteiger charge is -2.28. The number of piperazine rings is 1. The van der Waals surface area contributed by atoms with Crippen molar-refractivity contribution < 1.29 is 0 Å². The number of pyridine rings is 1. The lowest BCUT2D eigenvalue weighted by atomic mass is 10.2. The molecule has 2 aromatic heterocycles. The van der Waals surface area contributed by atoms with Gasteiger partial charge in [0.1, 0.15) is 11.9 Å². The lowest BCUT2D eigenvalue weighted by Crippen LogP contribution is -2.43. The highest BCUT2D eigenvalue weighted by Gasteiger charge is 2.13. The van der Waals surface area contributed by atoms with Gasteiger partial charge in [-0.25, -0.2) is 4.98 Å². The Bertz CT molecular complexity index is 575. The minimum absolute atomic E-state index is 0.402. The van der Waals surface area contributed by atoms with Gasteiger partial charge in [0.25, 0.3) is 0 Å². The molecule has 0 aromatic carbocycles. The number of fused-ring (bicyclic) bond motifs is 1.